The van der Waals surface area contributed by atoms with E-state index in [9.17, 15) is 0 Å². The van der Waals surface area contributed by atoms with Crippen molar-refractivity contribution in [3.63, 3.8) is 0 Å². The molecule has 0 amide bonds. The molecule has 0 spiro atoms. The van der Waals surface area contributed by atoms with E-state index in [0.29, 0.717) is 0 Å². The zero-order chi connectivity index (χ0) is 14.8. The summed E-state index contributed by atoms with van der Waals surface area (Å²) in [6, 6.07) is 2.15. The summed E-state index contributed by atoms with van der Waals surface area (Å²) in [7, 11) is 0. The fourth-order valence-corrected chi connectivity index (χ4v) is 2.76. The summed E-state index contributed by atoms with van der Waals surface area (Å²) < 4.78 is 0. The molecule has 1 aromatic rings. The molecule has 1 saturated heterocycles. The van der Waals surface area contributed by atoms with Crippen LogP contribution in [0.15, 0.2) is 18.5 Å². The average molecular weight is 275 g/mol. The lowest BCUT2D eigenvalue weighted by Crippen LogP contribution is -2.35. The standard InChI is InChI=1S/C17H29N3/c1-13(2)15-7-9-20(12-15)16-11-18-8-6-14(16)10-19-17(3,4)5/h6,8,11,13,15,19H,7,9-10,12H2,1-5H3. The van der Waals surface area contributed by atoms with E-state index >= 15 is 0 Å². The Morgan fingerprint density at radius 1 is 1.40 bits per heavy atom. The predicted molar refractivity (Wildman–Crippen MR) is 86.0 cm³/mol. The van der Waals surface area contributed by atoms with E-state index in [4.69, 9.17) is 0 Å². The van der Waals surface area contributed by atoms with E-state index in [1.54, 1.807) is 0 Å². The molecule has 1 aliphatic heterocycles. The number of hydrogen-bond acceptors (Lipinski definition) is 3. The van der Waals surface area contributed by atoms with Gasteiger partial charge in [0.2, 0.25) is 0 Å². The van der Waals surface area contributed by atoms with Crippen molar-refractivity contribution in [3.05, 3.63) is 24.0 Å². The Hall–Kier alpha value is -1.09. The Balaban J connectivity index is 2.08. The van der Waals surface area contributed by atoms with Gasteiger partial charge in [0.15, 0.2) is 0 Å². The first kappa shape index (κ1) is 15.3. The second kappa shape index (κ2) is 6.13. The zero-order valence-electron chi connectivity index (χ0n) is 13.6. The molecule has 0 radical (unpaired) electrons. The van der Waals surface area contributed by atoms with Gasteiger partial charge in [-0.1, -0.05) is 13.8 Å². The van der Waals surface area contributed by atoms with Crippen LogP contribution >= 0.6 is 0 Å². The first-order valence-electron chi connectivity index (χ1n) is 7.79. The van der Waals surface area contributed by atoms with Crippen LogP contribution in [-0.2, 0) is 6.54 Å². The third kappa shape index (κ3) is 3.95. The second-order valence-corrected chi connectivity index (χ2v) is 7.35. The molecule has 1 atom stereocenters. The van der Waals surface area contributed by atoms with Gasteiger partial charge in [-0.15, -0.1) is 0 Å². The van der Waals surface area contributed by atoms with Gasteiger partial charge in [-0.05, 0) is 50.7 Å². The predicted octanol–water partition coefficient (Wildman–Crippen LogP) is 3.45. The van der Waals surface area contributed by atoms with E-state index in [1.165, 1.54) is 24.2 Å². The fourth-order valence-electron chi connectivity index (χ4n) is 2.76. The van der Waals surface area contributed by atoms with Gasteiger partial charge in [0.05, 0.1) is 11.9 Å². The largest absolute Gasteiger partial charge is 0.370 e. The topological polar surface area (TPSA) is 28.2 Å². The highest BCUT2D eigenvalue weighted by Gasteiger charge is 2.26. The molecule has 0 bridgehead atoms. The van der Waals surface area contributed by atoms with E-state index in [-0.39, 0.29) is 5.54 Å². The van der Waals surface area contributed by atoms with Crippen molar-refractivity contribution in [2.45, 2.75) is 53.1 Å². The Morgan fingerprint density at radius 2 is 2.15 bits per heavy atom. The van der Waals surface area contributed by atoms with Gasteiger partial charge in [0, 0.05) is 31.4 Å². The van der Waals surface area contributed by atoms with E-state index in [2.05, 4.69) is 55.9 Å². The lowest BCUT2D eigenvalue weighted by molar-refractivity contribution is 0.421. The molecule has 1 aromatic heterocycles. The van der Waals surface area contributed by atoms with Gasteiger partial charge in [-0.25, -0.2) is 0 Å². The van der Waals surface area contributed by atoms with Crippen molar-refractivity contribution in [1.29, 1.82) is 0 Å². The van der Waals surface area contributed by atoms with Crippen molar-refractivity contribution >= 4 is 5.69 Å². The number of pyridine rings is 1. The number of rotatable bonds is 4. The molecule has 112 valence electrons. The molecule has 3 nitrogen and oxygen atoms in total. The Morgan fingerprint density at radius 3 is 2.75 bits per heavy atom. The molecule has 1 unspecified atom stereocenters. The van der Waals surface area contributed by atoms with Crippen molar-refractivity contribution in [3.8, 4) is 0 Å². The minimum absolute atomic E-state index is 0.145. The summed E-state index contributed by atoms with van der Waals surface area (Å²) >= 11 is 0. The minimum atomic E-state index is 0.145. The Kier molecular flexibility index (Phi) is 4.69. The van der Waals surface area contributed by atoms with Crippen molar-refractivity contribution in [2.24, 2.45) is 11.8 Å². The average Bonchev–Trinajstić information content (AvgIpc) is 2.85. The molecule has 2 rings (SSSR count). The monoisotopic (exact) mass is 275 g/mol. The van der Waals surface area contributed by atoms with Gasteiger partial charge in [-0.3, -0.25) is 4.98 Å². The highest BCUT2D eigenvalue weighted by Crippen LogP contribution is 2.30. The minimum Gasteiger partial charge on any atom is -0.370 e. The van der Waals surface area contributed by atoms with Crippen LogP contribution in [0.1, 0.15) is 46.6 Å². The maximum absolute atomic E-state index is 4.33. The van der Waals surface area contributed by atoms with Crippen LogP contribution in [0.2, 0.25) is 0 Å². The summed E-state index contributed by atoms with van der Waals surface area (Å²) in [4.78, 5) is 6.85. The summed E-state index contributed by atoms with van der Waals surface area (Å²) in [6.45, 7) is 14.5. The van der Waals surface area contributed by atoms with Gasteiger partial charge < -0.3 is 10.2 Å². The molecule has 0 aromatic carbocycles. The van der Waals surface area contributed by atoms with Crippen molar-refractivity contribution < 1.29 is 0 Å². The summed E-state index contributed by atoms with van der Waals surface area (Å²) in [6.07, 6.45) is 5.24. The smallest absolute Gasteiger partial charge is 0.0598 e. The number of nitrogens with zero attached hydrogens (tertiary/aromatic N) is 2. The number of hydrogen-bond donors (Lipinski definition) is 1. The van der Waals surface area contributed by atoms with Crippen LogP contribution in [0.5, 0.6) is 0 Å². The lowest BCUT2D eigenvalue weighted by Gasteiger charge is -2.25. The lowest BCUT2D eigenvalue weighted by atomic mass is 9.95. The summed E-state index contributed by atoms with van der Waals surface area (Å²) in [5.74, 6) is 1.59. The van der Waals surface area contributed by atoms with Crippen LogP contribution in [0, 0.1) is 11.8 Å². The zero-order valence-corrected chi connectivity index (χ0v) is 13.6. The highest BCUT2D eigenvalue weighted by atomic mass is 15.2. The Bertz CT molecular complexity index is 434. The quantitative estimate of drug-likeness (QED) is 0.912. The van der Waals surface area contributed by atoms with Crippen LogP contribution in [-0.4, -0.2) is 23.6 Å². The molecule has 3 heteroatoms. The van der Waals surface area contributed by atoms with Crippen LogP contribution < -0.4 is 10.2 Å². The normalized spacial score (nSPS) is 19.9. The third-order valence-electron chi connectivity index (χ3n) is 4.20. The molecule has 1 aliphatic rings. The molecular weight excluding hydrogens is 246 g/mol. The van der Waals surface area contributed by atoms with Gasteiger partial charge in [0.1, 0.15) is 0 Å². The van der Waals surface area contributed by atoms with Crippen LogP contribution in [0.3, 0.4) is 0 Å². The van der Waals surface area contributed by atoms with Crippen LogP contribution in [0.4, 0.5) is 5.69 Å². The maximum Gasteiger partial charge on any atom is 0.0598 e. The van der Waals surface area contributed by atoms with Crippen molar-refractivity contribution in [2.75, 3.05) is 18.0 Å². The second-order valence-electron chi connectivity index (χ2n) is 7.35. The SMILES string of the molecule is CC(C)C1CCN(c2cnccc2CNC(C)(C)C)C1. The fraction of sp³-hybridized carbons (Fsp3) is 0.706. The van der Waals surface area contributed by atoms with Crippen LogP contribution in [0.25, 0.3) is 0 Å². The van der Waals surface area contributed by atoms with Gasteiger partial charge in [-0.2, -0.15) is 0 Å². The number of nitrogens with one attached hydrogen (secondary N) is 1. The molecular formula is C17H29N3. The summed E-state index contributed by atoms with van der Waals surface area (Å²) in [5, 5.41) is 3.58. The first-order chi connectivity index (χ1) is 9.37. The van der Waals surface area contributed by atoms with E-state index in [0.717, 1.165) is 24.9 Å². The molecule has 0 aliphatic carbocycles. The highest BCUT2D eigenvalue weighted by molar-refractivity contribution is 5.52. The van der Waals surface area contributed by atoms with Gasteiger partial charge >= 0.3 is 0 Å². The van der Waals surface area contributed by atoms with Crippen molar-refractivity contribution in [1.82, 2.24) is 10.3 Å². The maximum atomic E-state index is 4.33. The first-order valence-corrected chi connectivity index (χ1v) is 7.79. The molecule has 20 heavy (non-hydrogen) atoms. The Labute approximate surface area is 123 Å². The number of aromatic nitrogens is 1. The molecule has 0 saturated carbocycles. The van der Waals surface area contributed by atoms with E-state index < -0.39 is 0 Å². The van der Waals surface area contributed by atoms with E-state index in [1.807, 2.05) is 12.4 Å². The third-order valence-corrected chi connectivity index (χ3v) is 4.20. The molecule has 1 fully saturated rings. The van der Waals surface area contributed by atoms with Gasteiger partial charge in [0.25, 0.3) is 0 Å². The number of anilines is 1. The summed E-state index contributed by atoms with van der Waals surface area (Å²) in [5.41, 5.74) is 2.82. The molecule has 2 heterocycles. The molecule has 1 N–H and O–H groups in total.